The smallest absolute Gasteiger partial charge is 0.328 e. The van der Waals surface area contributed by atoms with E-state index < -0.39 is 11.5 Å². The van der Waals surface area contributed by atoms with Crippen LogP contribution < -0.4 is 4.74 Å². The third-order valence-electron chi connectivity index (χ3n) is 3.18. The number of carbonyl (C=O) groups is 1. The number of fused-ring (bicyclic) bond motifs is 1. The molecule has 0 unspecified atom stereocenters. The molecule has 16 heavy (non-hydrogen) atoms. The van der Waals surface area contributed by atoms with Crippen LogP contribution in [-0.2, 0) is 11.2 Å². The van der Waals surface area contributed by atoms with Crippen LogP contribution in [0.25, 0.3) is 0 Å². The van der Waals surface area contributed by atoms with Gasteiger partial charge in [0.15, 0.2) is 5.54 Å². The lowest BCUT2D eigenvalue weighted by Crippen LogP contribution is -2.58. The van der Waals surface area contributed by atoms with Crippen molar-refractivity contribution in [2.24, 2.45) is 0 Å². The predicted molar refractivity (Wildman–Crippen MR) is 59.7 cm³/mol. The first-order valence-electron chi connectivity index (χ1n) is 5.18. The zero-order chi connectivity index (χ0) is 11.8. The third-order valence-corrected chi connectivity index (χ3v) is 3.18. The first kappa shape index (κ1) is 11.0. The number of ether oxygens (including phenoxy) is 1. The number of hydrogen-bond donors (Lipinski definition) is 1. The quantitative estimate of drug-likeness (QED) is 0.809. The van der Waals surface area contributed by atoms with Crippen molar-refractivity contribution in [3.05, 3.63) is 29.8 Å². The number of benzene rings is 1. The van der Waals surface area contributed by atoms with Crippen LogP contribution in [0.4, 0.5) is 0 Å². The van der Waals surface area contributed by atoms with Gasteiger partial charge in [-0.05, 0) is 25.7 Å². The van der Waals surface area contributed by atoms with E-state index in [1.54, 1.807) is 19.0 Å². The molecule has 0 aliphatic carbocycles. The SMILES string of the molecule is CN(C)[C@]1(C(=O)O)COc2ccccc2C1. The highest BCUT2D eigenvalue weighted by Gasteiger charge is 2.45. The standard InChI is InChI=1S/C12H15NO3/c1-13(2)12(11(14)15)7-9-5-3-4-6-10(9)16-8-12/h3-6H,7-8H2,1-2H3,(H,14,15)/t12-/m0/s1. The van der Waals surface area contributed by atoms with Crippen molar-refractivity contribution in [2.45, 2.75) is 12.0 Å². The maximum Gasteiger partial charge on any atom is 0.328 e. The van der Waals surface area contributed by atoms with E-state index in [4.69, 9.17) is 4.74 Å². The molecule has 1 aromatic rings. The molecular formula is C12H15NO3. The first-order valence-corrected chi connectivity index (χ1v) is 5.18. The average molecular weight is 221 g/mol. The number of carboxylic acid groups (broad SMARTS) is 1. The van der Waals surface area contributed by atoms with Crippen LogP contribution >= 0.6 is 0 Å². The fraction of sp³-hybridized carbons (Fsp3) is 0.417. The van der Waals surface area contributed by atoms with Gasteiger partial charge in [-0.2, -0.15) is 0 Å². The number of carboxylic acids is 1. The normalized spacial score (nSPS) is 23.7. The molecule has 4 heteroatoms. The molecule has 0 saturated carbocycles. The highest BCUT2D eigenvalue weighted by molar-refractivity contribution is 5.80. The zero-order valence-corrected chi connectivity index (χ0v) is 9.43. The lowest BCUT2D eigenvalue weighted by Gasteiger charge is -2.39. The number of para-hydroxylation sites is 1. The van der Waals surface area contributed by atoms with Crippen molar-refractivity contribution >= 4 is 5.97 Å². The molecule has 0 saturated heterocycles. The van der Waals surface area contributed by atoms with Gasteiger partial charge < -0.3 is 9.84 Å². The molecular weight excluding hydrogens is 206 g/mol. The second-order valence-corrected chi connectivity index (χ2v) is 4.30. The van der Waals surface area contributed by atoms with E-state index in [0.717, 1.165) is 11.3 Å². The molecule has 86 valence electrons. The summed E-state index contributed by atoms with van der Waals surface area (Å²) in [6.45, 7) is 0.187. The van der Waals surface area contributed by atoms with E-state index in [1.165, 1.54) is 0 Å². The molecule has 4 nitrogen and oxygen atoms in total. The molecule has 0 fully saturated rings. The maximum atomic E-state index is 11.4. The van der Waals surface area contributed by atoms with E-state index in [2.05, 4.69) is 0 Å². The molecule has 1 atom stereocenters. The van der Waals surface area contributed by atoms with Crippen molar-refractivity contribution in [1.29, 1.82) is 0 Å². The Morgan fingerprint density at radius 2 is 2.12 bits per heavy atom. The molecule has 0 bridgehead atoms. The van der Waals surface area contributed by atoms with Gasteiger partial charge in [0.2, 0.25) is 0 Å². The highest BCUT2D eigenvalue weighted by atomic mass is 16.5. The van der Waals surface area contributed by atoms with Crippen molar-refractivity contribution < 1.29 is 14.6 Å². The van der Waals surface area contributed by atoms with Crippen molar-refractivity contribution in [2.75, 3.05) is 20.7 Å². The van der Waals surface area contributed by atoms with Crippen LogP contribution in [0.5, 0.6) is 5.75 Å². The Morgan fingerprint density at radius 3 is 2.75 bits per heavy atom. The summed E-state index contributed by atoms with van der Waals surface area (Å²) >= 11 is 0. The van der Waals surface area contributed by atoms with E-state index in [-0.39, 0.29) is 6.61 Å². The highest BCUT2D eigenvalue weighted by Crippen LogP contribution is 2.31. The Labute approximate surface area is 94.4 Å². The molecule has 1 aliphatic heterocycles. The fourth-order valence-electron chi connectivity index (χ4n) is 1.97. The zero-order valence-electron chi connectivity index (χ0n) is 9.43. The van der Waals surface area contributed by atoms with Gasteiger partial charge in [-0.15, -0.1) is 0 Å². The van der Waals surface area contributed by atoms with E-state index in [9.17, 15) is 9.90 Å². The van der Waals surface area contributed by atoms with Crippen LogP contribution in [0.3, 0.4) is 0 Å². The van der Waals surface area contributed by atoms with E-state index >= 15 is 0 Å². The minimum Gasteiger partial charge on any atom is -0.491 e. The summed E-state index contributed by atoms with van der Waals surface area (Å²) < 4.78 is 5.54. The van der Waals surface area contributed by atoms with Crippen LogP contribution in [0.15, 0.2) is 24.3 Å². The molecule has 1 aliphatic rings. The summed E-state index contributed by atoms with van der Waals surface area (Å²) in [6, 6.07) is 7.57. The maximum absolute atomic E-state index is 11.4. The van der Waals surface area contributed by atoms with Gasteiger partial charge in [-0.1, -0.05) is 18.2 Å². The van der Waals surface area contributed by atoms with Crippen LogP contribution in [-0.4, -0.2) is 42.2 Å². The van der Waals surface area contributed by atoms with Gasteiger partial charge in [0, 0.05) is 6.42 Å². The summed E-state index contributed by atoms with van der Waals surface area (Å²) in [5.41, 5.74) is -0.00111. The average Bonchev–Trinajstić information content (AvgIpc) is 2.27. The second kappa shape index (κ2) is 3.79. The predicted octanol–water partition coefficient (Wildman–Crippen LogP) is 1.01. The second-order valence-electron chi connectivity index (χ2n) is 4.30. The molecule has 1 N–H and O–H groups in total. The minimum absolute atomic E-state index is 0.187. The monoisotopic (exact) mass is 221 g/mol. The number of nitrogens with zero attached hydrogens (tertiary/aromatic N) is 1. The summed E-state index contributed by atoms with van der Waals surface area (Å²) in [7, 11) is 3.54. The largest absolute Gasteiger partial charge is 0.491 e. The molecule has 0 aromatic heterocycles. The first-order chi connectivity index (χ1) is 7.56. The molecule has 1 heterocycles. The molecule has 0 spiro atoms. The Hall–Kier alpha value is -1.55. The number of likely N-dealkylation sites (N-methyl/N-ethyl adjacent to an activating group) is 1. The van der Waals surface area contributed by atoms with Gasteiger partial charge in [-0.3, -0.25) is 9.69 Å². The van der Waals surface area contributed by atoms with Crippen molar-refractivity contribution in [3.63, 3.8) is 0 Å². The Bertz CT molecular complexity index is 416. The lowest BCUT2D eigenvalue weighted by molar-refractivity contribution is -0.152. The summed E-state index contributed by atoms with van der Waals surface area (Å²) in [6.07, 6.45) is 0.478. The Kier molecular flexibility index (Phi) is 2.59. The number of aliphatic carboxylic acids is 1. The van der Waals surface area contributed by atoms with Gasteiger partial charge in [-0.25, -0.2) is 0 Å². The topological polar surface area (TPSA) is 49.8 Å². The van der Waals surface area contributed by atoms with Crippen molar-refractivity contribution in [1.82, 2.24) is 4.90 Å². The summed E-state index contributed by atoms with van der Waals surface area (Å²) in [5, 5.41) is 9.36. The summed E-state index contributed by atoms with van der Waals surface area (Å²) in [5.74, 6) is -0.0479. The third kappa shape index (κ3) is 1.55. The Balaban J connectivity index is 2.39. The van der Waals surface area contributed by atoms with Gasteiger partial charge in [0.25, 0.3) is 0 Å². The molecule has 1 aromatic carbocycles. The van der Waals surface area contributed by atoms with E-state index in [0.29, 0.717) is 6.42 Å². The van der Waals surface area contributed by atoms with Crippen LogP contribution in [0.1, 0.15) is 5.56 Å². The van der Waals surface area contributed by atoms with Gasteiger partial charge in [0.05, 0.1) is 0 Å². The molecule has 2 rings (SSSR count). The summed E-state index contributed by atoms with van der Waals surface area (Å²) in [4.78, 5) is 13.1. The molecule has 0 amide bonds. The molecule has 0 radical (unpaired) electrons. The van der Waals surface area contributed by atoms with Crippen molar-refractivity contribution in [3.8, 4) is 5.75 Å². The van der Waals surface area contributed by atoms with Crippen LogP contribution in [0, 0.1) is 0 Å². The van der Waals surface area contributed by atoms with Gasteiger partial charge in [0.1, 0.15) is 12.4 Å². The van der Waals surface area contributed by atoms with Crippen LogP contribution in [0.2, 0.25) is 0 Å². The number of hydrogen-bond acceptors (Lipinski definition) is 3. The fourth-order valence-corrected chi connectivity index (χ4v) is 1.97. The van der Waals surface area contributed by atoms with E-state index in [1.807, 2.05) is 24.3 Å². The minimum atomic E-state index is -0.950. The lowest BCUT2D eigenvalue weighted by atomic mass is 9.88. The Morgan fingerprint density at radius 1 is 1.44 bits per heavy atom. The number of rotatable bonds is 2. The van der Waals surface area contributed by atoms with Gasteiger partial charge >= 0.3 is 5.97 Å².